The predicted octanol–water partition coefficient (Wildman–Crippen LogP) is 2.94. The monoisotopic (exact) mass is 398 g/mol. The average Bonchev–Trinajstić information content (AvgIpc) is 3.34. The van der Waals surface area contributed by atoms with E-state index in [2.05, 4.69) is 43.0 Å². The Hall–Kier alpha value is -2.03. The van der Waals surface area contributed by atoms with Crippen LogP contribution in [0.2, 0.25) is 0 Å². The summed E-state index contributed by atoms with van der Waals surface area (Å²) in [6.45, 7) is 8.76. The molecule has 2 saturated heterocycles. The molecule has 7 nitrogen and oxygen atoms in total. The number of hydrogen-bond donors (Lipinski definition) is 1. The smallest absolute Gasteiger partial charge is 0.140 e. The van der Waals surface area contributed by atoms with Crippen LogP contribution in [0.5, 0.6) is 0 Å². The number of aryl methyl sites for hydroxylation is 1. The summed E-state index contributed by atoms with van der Waals surface area (Å²) in [4.78, 5) is 16.4. The molecule has 3 aromatic heterocycles. The van der Waals surface area contributed by atoms with Gasteiger partial charge >= 0.3 is 0 Å². The molecule has 0 spiro atoms. The second kappa shape index (κ2) is 7.77. The van der Waals surface area contributed by atoms with Crippen molar-refractivity contribution in [1.82, 2.24) is 25.1 Å². The Balaban J connectivity index is 1.37. The van der Waals surface area contributed by atoms with Gasteiger partial charge in [0, 0.05) is 54.8 Å². The van der Waals surface area contributed by atoms with Crippen molar-refractivity contribution in [3.05, 3.63) is 34.7 Å². The standard InChI is InChI=1S/C20H26N6OS/c1-14-9-17-19(21-13-22-20(17)28-14)26-4-2-3-15(12-26)18-16(10-23-24-18)11-25-5-7-27-8-6-25/h9-10,13,15H,2-8,11-12H2,1H3,(H,23,24). The average molecular weight is 399 g/mol. The molecule has 28 heavy (non-hydrogen) atoms. The van der Waals surface area contributed by atoms with Gasteiger partial charge in [0.25, 0.3) is 0 Å². The minimum Gasteiger partial charge on any atom is -0.379 e. The molecule has 0 radical (unpaired) electrons. The number of aromatic amines is 1. The second-order valence-corrected chi connectivity index (χ2v) is 8.99. The third-order valence-electron chi connectivity index (χ3n) is 5.81. The number of aromatic nitrogens is 4. The maximum Gasteiger partial charge on any atom is 0.140 e. The third kappa shape index (κ3) is 3.52. The van der Waals surface area contributed by atoms with E-state index in [9.17, 15) is 0 Å². The van der Waals surface area contributed by atoms with Crippen LogP contribution in [0, 0.1) is 6.92 Å². The number of nitrogens with zero attached hydrogens (tertiary/aromatic N) is 5. The number of hydrogen-bond acceptors (Lipinski definition) is 7. The van der Waals surface area contributed by atoms with Crippen molar-refractivity contribution in [2.75, 3.05) is 44.3 Å². The molecule has 0 amide bonds. The number of ether oxygens (including phenoxy) is 1. The first-order valence-corrected chi connectivity index (χ1v) is 10.9. The predicted molar refractivity (Wildman–Crippen MR) is 111 cm³/mol. The van der Waals surface area contributed by atoms with E-state index in [0.29, 0.717) is 5.92 Å². The van der Waals surface area contributed by atoms with E-state index >= 15 is 0 Å². The molecule has 1 unspecified atom stereocenters. The highest BCUT2D eigenvalue weighted by Crippen LogP contribution is 2.35. The van der Waals surface area contributed by atoms with Crippen molar-refractivity contribution >= 4 is 27.4 Å². The highest BCUT2D eigenvalue weighted by molar-refractivity contribution is 7.18. The molecule has 0 saturated carbocycles. The van der Waals surface area contributed by atoms with E-state index < -0.39 is 0 Å². The SMILES string of the molecule is Cc1cc2c(N3CCCC(c4[nH]ncc4CN4CCOCC4)C3)ncnc2s1. The molecule has 2 aliphatic heterocycles. The van der Waals surface area contributed by atoms with Gasteiger partial charge in [-0.15, -0.1) is 11.3 Å². The van der Waals surface area contributed by atoms with E-state index in [1.165, 1.54) is 27.9 Å². The van der Waals surface area contributed by atoms with E-state index in [4.69, 9.17) is 4.74 Å². The van der Waals surface area contributed by atoms with Crippen LogP contribution in [0.25, 0.3) is 10.2 Å². The molecule has 1 atom stereocenters. The number of H-pyrrole nitrogens is 1. The fourth-order valence-electron chi connectivity index (χ4n) is 4.42. The van der Waals surface area contributed by atoms with E-state index in [0.717, 1.165) is 63.0 Å². The summed E-state index contributed by atoms with van der Waals surface area (Å²) in [6, 6.07) is 2.22. The van der Waals surface area contributed by atoms with Crippen molar-refractivity contribution in [1.29, 1.82) is 0 Å². The summed E-state index contributed by atoms with van der Waals surface area (Å²) in [5.74, 6) is 1.53. The highest BCUT2D eigenvalue weighted by Gasteiger charge is 2.27. The van der Waals surface area contributed by atoms with Gasteiger partial charge in [-0.25, -0.2) is 9.97 Å². The Bertz CT molecular complexity index is 947. The molecule has 1 N–H and O–H groups in total. The molecule has 2 fully saturated rings. The lowest BCUT2D eigenvalue weighted by atomic mass is 9.92. The second-order valence-electron chi connectivity index (χ2n) is 7.76. The van der Waals surface area contributed by atoms with Crippen LogP contribution < -0.4 is 4.90 Å². The molecule has 0 aliphatic carbocycles. The number of nitrogens with one attached hydrogen (secondary N) is 1. The summed E-state index contributed by atoms with van der Waals surface area (Å²) < 4.78 is 5.48. The van der Waals surface area contributed by atoms with Crippen LogP contribution in [0.4, 0.5) is 5.82 Å². The highest BCUT2D eigenvalue weighted by atomic mass is 32.1. The molecular weight excluding hydrogens is 372 g/mol. The molecule has 5 heterocycles. The zero-order chi connectivity index (χ0) is 18.9. The largest absolute Gasteiger partial charge is 0.379 e. The number of fused-ring (bicyclic) bond motifs is 1. The van der Waals surface area contributed by atoms with Crippen LogP contribution in [0.3, 0.4) is 0 Å². The first-order valence-electron chi connectivity index (χ1n) is 10.1. The first kappa shape index (κ1) is 18.0. The fraction of sp³-hybridized carbons (Fsp3) is 0.550. The van der Waals surface area contributed by atoms with Crippen LogP contribution in [-0.4, -0.2) is 64.5 Å². The van der Waals surface area contributed by atoms with Crippen LogP contribution in [0.1, 0.15) is 34.9 Å². The molecule has 0 aromatic carbocycles. The number of piperidine rings is 1. The topological polar surface area (TPSA) is 70.2 Å². The van der Waals surface area contributed by atoms with Gasteiger partial charge in [-0.1, -0.05) is 0 Å². The van der Waals surface area contributed by atoms with Gasteiger partial charge in [-0.2, -0.15) is 5.10 Å². The van der Waals surface area contributed by atoms with Crippen LogP contribution >= 0.6 is 11.3 Å². The molecular formula is C20H26N6OS. The lowest BCUT2D eigenvalue weighted by molar-refractivity contribution is 0.0340. The molecule has 148 valence electrons. The third-order valence-corrected chi connectivity index (χ3v) is 6.77. The Morgan fingerprint density at radius 3 is 3.04 bits per heavy atom. The number of rotatable bonds is 4. The van der Waals surface area contributed by atoms with Gasteiger partial charge in [0.15, 0.2) is 0 Å². The maximum absolute atomic E-state index is 5.48. The van der Waals surface area contributed by atoms with Crippen molar-refractivity contribution in [3.63, 3.8) is 0 Å². The summed E-state index contributed by atoms with van der Waals surface area (Å²) in [5.41, 5.74) is 2.62. The van der Waals surface area contributed by atoms with Crippen molar-refractivity contribution in [2.24, 2.45) is 0 Å². The van der Waals surface area contributed by atoms with Crippen LogP contribution in [0.15, 0.2) is 18.6 Å². The Kier molecular flexibility index (Phi) is 5.00. The lowest BCUT2D eigenvalue weighted by Crippen LogP contribution is -2.37. The first-order chi connectivity index (χ1) is 13.8. The van der Waals surface area contributed by atoms with Gasteiger partial charge in [0.2, 0.25) is 0 Å². The van der Waals surface area contributed by atoms with Gasteiger partial charge in [-0.05, 0) is 25.8 Å². The molecule has 5 rings (SSSR count). The number of thiophene rings is 1. The normalized spacial score (nSPS) is 21.5. The van der Waals surface area contributed by atoms with E-state index in [1.807, 2.05) is 6.20 Å². The molecule has 3 aromatic rings. The van der Waals surface area contributed by atoms with Crippen LogP contribution in [-0.2, 0) is 11.3 Å². The molecule has 2 aliphatic rings. The van der Waals surface area contributed by atoms with Crippen molar-refractivity contribution in [3.8, 4) is 0 Å². The Labute approximate surface area is 168 Å². The zero-order valence-electron chi connectivity index (χ0n) is 16.2. The molecule has 0 bridgehead atoms. The summed E-state index contributed by atoms with van der Waals surface area (Å²) in [5, 5.41) is 8.89. The summed E-state index contributed by atoms with van der Waals surface area (Å²) >= 11 is 1.74. The summed E-state index contributed by atoms with van der Waals surface area (Å²) in [6.07, 6.45) is 6.06. The Morgan fingerprint density at radius 1 is 1.25 bits per heavy atom. The fourth-order valence-corrected chi connectivity index (χ4v) is 5.26. The van der Waals surface area contributed by atoms with Gasteiger partial charge < -0.3 is 9.64 Å². The maximum atomic E-state index is 5.48. The quantitative estimate of drug-likeness (QED) is 0.729. The van der Waals surface area contributed by atoms with Crippen molar-refractivity contribution in [2.45, 2.75) is 32.2 Å². The lowest BCUT2D eigenvalue weighted by Gasteiger charge is -2.34. The van der Waals surface area contributed by atoms with Gasteiger partial charge in [0.05, 0.1) is 24.8 Å². The number of morpholine rings is 1. The Morgan fingerprint density at radius 2 is 2.14 bits per heavy atom. The van der Waals surface area contributed by atoms with E-state index in [-0.39, 0.29) is 0 Å². The minimum atomic E-state index is 0.456. The van der Waals surface area contributed by atoms with Gasteiger partial charge in [-0.3, -0.25) is 10.00 Å². The van der Waals surface area contributed by atoms with Crippen molar-refractivity contribution < 1.29 is 4.74 Å². The van der Waals surface area contributed by atoms with E-state index in [1.54, 1.807) is 17.7 Å². The molecule has 8 heteroatoms. The summed E-state index contributed by atoms with van der Waals surface area (Å²) in [7, 11) is 0. The minimum absolute atomic E-state index is 0.456. The number of anilines is 1. The van der Waals surface area contributed by atoms with Gasteiger partial charge in [0.1, 0.15) is 17.0 Å². The zero-order valence-corrected chi connectivity index (χ0v) is 17.0.